The highest BCUT2D eigenvalue weighted by atomic mass is 32.2. The second-order valence-electron chi connectivity index (χ2n) is 7.72. The quantitative estimate of drug-likeness (QED) is 0.0542. The van der Waals surface area contributed by atoms with Gasteiger partial charge in [0, 0.05) is 23.0 Å². The van der Waals surface area contributed by atoms with Crippen LogP contribution < -0.4 is 11.1 Å². The number of thioether (sulfide) groups is 2. The topological polar surface area (TPSA) is 241 Å². The molecule has 0 saturated carbocycles. The second kappa shape index (κ2) is 12.2. The Hall–Kier alpha value is -4.04. The minimum Gasteiger partial charge on any atom is -0.481 e. The number of aromatic nitrogens is 6. The average Bonchev–Trinajstić information content (AvgIpc) is 3.54. The third-order valence-corrected chi connectivity index (χ3v) is 8.09. The Bertz CT molecular complexity index is 1370. The van der Waals surface area contributed by atoms with Gasteiger partial charge in [0.2, 0.25) is 16.7 Å². The van der Waals surface area contributed by atoms with Crippen LogP contribution in [0, 0.1) is 0 Å². The Kier molecular flexibility index (Phi) is 8.76. The zero-order valence-corrected chi connectivity index (χ0v) is 22.2. The molecule has 0 radical (unpaired) electrons. The van der Waals surface area contributed by atoms with Crippen LogP contribution >= 0.6 is 35.1 Å². The summed E-state index contributed by atoms with van der Waals surface area (Å²) in [6.45, 7) is 3.55. The third-order valence-electron chi connectivity index (χ3n) is 5.17. The second-order valence-corrected chi connectivity index (χ2v) is 10.5. The van der Waals surface area contributed by atoms with E-state index in [1.54, 1.807) is 0 Å². The molecule has 1 fully saturated rings. The van der Waals surface area contributed by atoms with Crippen LogP contribution in [0.1, 0.15) is 12.2 Å². The minimum absolute atomic E-state index is 0.00446. The Labute approximate surface area is 231 Å². The number of carboxylic acids is 2. The fraction of sp³-hybridized carbons (Fsp3) is 0.368. The van der Waals surface area contributed by atoms with E-state index < -0.39 is 35.2 Å². The molecule has 2 aromatic heterocycles. The zero-order chi connectivity index (χ0) is 28.1. The first kappa shape index (κ1) is 28.0. The first-order chi connectivity index (χ1) is 18.7. The number of carboxylic acid groups (broad SMARTS) is 2. The van der Waals surface area contributed by atoms with Gasteiger partial charge < -0.3 is 26.1 Å². The van der Waals surface area contributed by atoms with Gasteiger partial charge in [-0.25, -0.2) is 9.48 Å². The number of aliphatic carboxylic acids is 2. The standard InChI is InChI=1S/C19H20N10O7S3/c1-2-5-36-24-10(13-22-18(20)39-25-13)14(32)21-11-15(33)29-12(17(34)35)8(6-37-16(11)29)7-38-19-23-26-27-28(19)4-3-9(30)31/h2,11,16H,1,3-7H2,(H,21,32)(H,30,31)(H,34,35)(H2,20,22,25)/t11?,16-/m0/s1. The molecule has 2 amide bonds. The predicted octanol–water partition coefficient (Wildman–Crippen LogP) is -0.981. The number of hydrogen-bond donors (Lipinski definition) is 4. The van der Waals surface area contributed by atoms with Gasteiger partial charge in [-0.1, -0.05) is 29.6 Å². The number of carbonyl (C=O) groups is 4. The number of carbonyl (C=O) groups excluding carboxylic acids is 2. The maximum atomic E-state index is 13.0. The van der Waals surface area contributed by atoms with Gasteiger partial charge in [0.25, 0.3) is 11.8 Å². The lowest BCUT2D eigenvalue weighted by Crippen LogP contribution is -2.71. The number of nitrogens with two attached hydrogens (primary N) is 1. The van der Waals surface area contributed by atoms with Crippen molar-refractivity contribution in [3.8, 4) is 0 Å². The van der Waals surface area contributed by atoms with Gasteiger partial charge >= 0.3 is 11.9 Å². The molecule has 2 atom stereocenters. The van der Waals surface area contributed by atoms with Crippen molar-refractivity contribution in [2.24, 2.45) is 5.16 Å². The van der Waals surface area contributed by atoms with E-state index in [1.807, 2.05) is 0 Å². The summed E-state index contributed by atoms with van der Waals surface area (Å²) >= 11 is 3.24. The van der Waals surface area contributed by atoms with E-state index in [4.69, 9.17) is 15.7 Å². The SMILES string of the molecule is C=CCON=C(C(=O)NC1C(=O)N2C(C(=O)O)=C(CSc3nnnn3CCC(=O)O)CS[C@@H]12)c1nsc(N)n1. The lowest BCUT2D eigenvalue weighted by molar-refractivity contribution is -0.150. The summed E-state index contributed by atoms with van der Waals surface area (Å²) in [6, 6.07) is -1.03. The van der Waals surface area contributed by atoms with Gasteiger partial charge in [-0.15, -0.1) is 16.9 Å². The maximum absolute atomic E-state index is 13.0. The van der Waals surface area contributed by atoms with Crippen LogP contribution in [0.15, 0.2) is 34.2 Å². The number of hydrogen-bond acceptors (Lipinski definition) is 15. The molecule has 0 aromatic carbocycles. The van der Waals surface area contributed by atoms with Gasteiger partial charge in [0.15, 0.2) is 5.13 Å². The Balaban J connectivity index is 1.47. The number of nitrogen functional groups attached to an aromatic ring is 1. The number of nitrogens with zero attached hydrogens (tertiary/aromatic N) is 8. The van der Waals surface area contributed by atoms with Crippen molar-refractivity contribution in [1.29, 1.82) is 0 Å². The predicted molar refractivity (Wildman–Crippen MR) is 137 cm³/mol. The largest absolute Gasteiger partial charge is 0.481 e. The molecule has 0 aliphatic carbocycles. The smallest absolute Gasteiger partial charge is 0.352 e. The highest BCUT2D eigenvalue weighted by molar-refractivity contribution is 8.01. The molecular weight excluding hydrogens is 576 g/mol. The Morgan fingerprint density at radius 2 is 2.15 bits per heavy atom. The molecule has 17 nitrogen and oxygen atoms in total. The fourth-order valence-electron chi connectivity index (χ4n) is 3.47. The van der Waals surface area contributed by atoms with E-state index in [9.17, 15) is 24.3 Å². The average molecular weight is 597 g/mol. The van der Waals surface area contributed by atoms with Crippen molar-refractivity contribution < 1.29 is 34.2 Å². The Morgan fingerprint density at radius 3 is 2.82 bits per heavy atom. The summed E-state index contributed by atoms with van der Waals surface area (Å²) in [6.07, 6.45) is 1.23. The van der Waals surface area contributed by atoms with E-state index in [1.165, 1.54) is 22.5 Å². The minimum atomic E-state index is -1.30. The molecule has 2 aromatic rings. The molecule has 2 aliphatic rings. The molecule has 4 heterocycles. The lowest BCUT2D eigenvalue weighted by Gasteiger charge is -2.49. The highest BCUT2D eigenvalue weighted by Crippen LogP contribution is 2.41. The van der Waals surface area contributed by atoms with Crippen LogP contribution in [0.25, 0.3) is 0 Å². The molecule has 206 valence electrons. The first-order valence-electron chi connectivity index (χ1n) is 10.9. The van der Waals surface area contributed by atoms with Crippen LogP contribution in [0.2, 0.25) is 0 Å². The van der Waals surface area contributed by atoms with Crippen LogP contribution in [0.3, 0.4) is 0 Å². The summed E-state index contributed by atoms with van der Waals surface area (Å²) < 4.78 is 5.26. The van der Waals surface area contributed by atoms with E-state index >= 15 is 0 Å². The fourth-order valence-corrected chi connectivity index (χ4v) is 6.29. The number of β-lactam (4-membered cyclic amide) rings is 1. The summed E-state index contributed by atoms with van der Waals surface area (Å²) in [5.41, 5.74) is 5.56. The Morgan fingerprint density at radius 1 is 1.36 bits per heavy atom. The lowest BCUT2D eigenvalue weighted by atomic mass is 10.0. The molecule has 0 spiro atoms. The van der Waals surface area contributed by atoms with Crippen molar-refractivity contribution in [2.75, 3.05) is 23.8 Å². The van der Waals surface area contributed by atoms with Crippen LogP contribution in [0.5, 0.6) is 0 Å². The molecule has 1 unspecified atom stereocenters. The number of aryl methyl sites for hydroxylation is 1. The normalized spacial score (nSPS) is 18.8. The van der Waals surface area contributed by atoms with Gasteiger partial charge in [0.1, 0.15) is 23.7 Å². The third kappa shape index (κ3) is 6.17. The van der Waals surface area contributed by atoms with Gasteiger partial charge in [-0.3, -0.25) is 19.3 Å². The first-order valence-corrected chi connectivity index (χ1v) is 13.7. The van der Waals surface area contributed by atoms with Gasteiger partial charge in [-0.05, 0) is 16.0 Å². The summed E-state index contributed by atoms with van der Waals surface area (Å²) in [4.78, 5) is 59.0. The highest BCUT2D eigenvalue weighted by Gasteiger charge is 2.54. The molecule has 0 bridgehead atoms. The summed E-state index contributed by atoms with van der Waals surface area (Å²) in [5, 5.41) is 35.9. The van der Waals surface area contributed by atoms with Gasteiger partial charge in [0.05, 0.1) is 13.0 Å². The van der Waals surface area contributed by atoms with E-state index in [0.717, 1.165) is 28.2 Å². The van der Waals surface area contributed by atoms with Crippen LogP contribution in [-0.2, 0) is 30.6 Å². The van der Waals surface area contributed by atoms with E-state index in [0.29, 0.717) is 10.7 Å². The van der Waals surface area contributed by atoms with Crippen molar-refractivity contribution in [3.05, 3.63) is 29.7 Å². The van der Waals surface area contributed by atoms with Crippen molar-refractivity contribution in [3.63, 3.8) is 0 Å². The number of oxime groups is 1. The number of fused-ring (bicyclic) bond motifs is 1. The number of anilines is 1. The monoisotopic (exact) mass is 596 g/mol. The van der Waals surface area contributed by atoms with Crippen molar-refractivity contribution in [2.45, 2.75) is 29.5 Å². The van der Waals surface area contributed by atoms with E-state index in [-0.39, 0.29) is 53.4 Å². The van der Waals surface area contributed by atoms with Crippen LogP contribution in [-0.4, -0.2) is 104 Å². The zero-order valence-electron chi connectivity index (χ0n) is 19.8. The molecule has 2 aliphatic heterocycles. The number of nitrogens with one attached hydrogen (secondary N) is 1. The number of tetrazole rings is 1. The van der Waals surface area contributed by atoms with E-state index in [2.05, 4.69) is 41.9 Å². The number of amides is 2. The number of rotatable bonds is 13. The summed E-state index contributed by atoms with van der Waals surface area (Å²) in [5.74, 6) is -3.44. The maximum Gasteiger partial charge on any atom is 0.352 e. The van der Waals surface area contributed by atoms with Crippen LogP contribution in [0.4, 0.5) is 5.13 Å². The van der Waals surface area contributed by atoms with Crippen molar-refractivity contribution >= 4 is 69.7 Å². The molecule has 1 saturated heterocycles. The molecule has 5 N–H and O–H groups in total. The van der Waals surface area contributed by atoms with Crippen molar-refractivity contribution in [1.82, 2.24) is 39.8 Å². The molecule has 4 rings (SSSR count). The molecule has 39 heavy (non-hydrogen) atoms. The molecule has 20 heteroatoms. The van der Waals surface area contributed by atoms with Gasteiger partial charge in [-0.2, -0.15) is 9.36 Å². The molecular formula is C19H20N10O7S3. The summed E-state index contributed by atoms with van der Waals surface area (Å²) in [7, 11) is 0.